The maximum absolute atomic E-state index is 12.9. The lowest BCUT2D eigenvalue weighted by molar-refractivity contribution is 0.434. The van der Waals surface area contributed by atoms with Gasteiger partial charge in [-0.1, -0.05) is 12.1 Å². The number of nitrogens with two attached hydrogens (primary N) is 1. The zero-order valence-corrected chi connectivity index (χ0v) is 6.22. The number of hydrogen-bond donors (Lipinski definition) is 2. The SMILES string of the molecule is N=C(N)C(F)c1ccc(F)cc1. The summed E-state index contributed by atoms with van der Waals surface area (Å²) in [5.41, 5.74) is 5.12. The zero-order chi connectivity index (χ0) is 9.14. The number of benzene rings is 1. The highest BCUT2D eigenvalue weighted by Crippen LogP contribution is 2.16. The first kappa shape index (κ1) is 8.64. The third-order valence-corrected chi connectivity index (χ3v) is 1.44. The van der Waals surface area contributed by atoms with Gasteiger partial charge >= 0.3 is 0 Å². The van der Waals surface area contributed by atoms with Crippen LogP contribution in [0.4, 0.5) is 8.78 Å². The number of halogens is 2. The van der Waals surface area contributed by atoms with Crippen LogP contribution in [0.1, 0.15) is 11.7 Å². The maximum atomic E-state index is 12.9. The van der Waals surface area contributed by atoms with E-state index in [1.54, 1.807) is 0 Å². The fourth-order valence-corrected chi connectivity index (χ4v) is 0.811. The van der Waals surface area contributed by atoms with Crippen LogP contribution in [0.2, 0.25) is 0 Å². The van der Waals surface area contributed by atoms with Crippen molar-refractivity contribution in [1.82, 2.24) is 0 Å². The fourth-order valence-electron chi connectivity index (χ4n) is 0.811. The van der Waals surface area contributed by atoms with Gasteiger partial charge in [0.2, 0.25) is 0 Å². The van der Waals surface area contributed by atoms with E-state index in [0.717, 1.165) is 12.1 Å². The van der Waals surface area contributed by atoms with Gasteiger partial charge in [0.1, 0.15) is 11.7 Å². The highest BCUT2D eigenvalue weighted by Gasteiger charge is 2.11. The molecule has 1 unspecified atom stereocenters. The minimum absolute atomic E-state index is 0.198. The molecular weight excluding hydrogens is 162 g/mol. The second kappa shape index (κ2) is 3.30. The Hall–Kier alpha value is -1.45. The van der Waals surface area contributed by atoms with Crippen molar-refractivity contribution < 1.29 is 8.78 Å². The molecule has 0 aliphatic heterocycles. The molecule has 0 saturated carbocycles. The predicted molar refractivity (Wildman–Crippen MR) is 42.2 cm³/mol. The number of amidine groups is 1. The van der Waals surface area contributed by atoms with Crippen molar-refractivity contribution >= 4 is 5.84 Å². The molecule has 0 fully saturated rings. The molecule has 1 aromatic carbocycles. The molecule has 1 aromatic rings. The van der Waals surface area contributed by atoms with Crippen LogP contribution in [0.3, 0.4) is 0 Å². The van der Waals surface area contributed by atoms with E-state index >= 15 is 0 Å². The molecule has 0 radical (unpaired) electrons. The summed E-state index contributed by atoms with van der Waals surface area (Å²) in [7, 11) is 0. The van der Waals surface area contributed by atoms with Crippen LogP contribution >= 0.6 is 0 Å². The molecule has 3 N–H and O–H groups in total. The van der Waals surface area contributed by atoms with E-state index in [2.05, 4.69) is 0 Å². The van der Waals surface area contributed by atoms with Crippen LogP contribution in [-0.2, 0) is 0 Å². The Morgan fingerprint density at radius 3 is 2.25 bits per heavy atom. The van der Waals surface area contributed by atoms with E-state index in [9.17, 15) is 8.78 Å². The summed E-state index contributed by atoms with van der Waals surface area (Å²) in [4.78, 5) is 0. The first-order valence-corrected chi connectivity index (χ1v) is 3.34. The minimum atomic E-state index is -1.63. The molecule has 0 aliphatic rings. The second-order valence-corrected chi connectivity index (χ2v) is 2.37. The molecule has 4 heteroatoms. The first-order chi connectivity index (χ1) is 5.61. The van der Waals surface area contributed by atoms with E-state index in [1.165, 1.54) is 12.1 Å². The Labute approximate surface area is 68.5 Å². The summed E-state index contributed by atoms with van der Waals surface area (Å²) in [6, 6.07) is 4.79. The number of rotatable bonds is 2. The molecule has 0 aliphatic carbocycles. The summed E-state index contributed by atoms with van der Waals surface area (Å²) in [6.45, 7) is 0. The normalized spacial score (nSPS) is 12.5. The van der Waals surface area contributed by atoms with Crippen molar-refractivity contribution in [2.24, 2.45) is 5.73 Å². The van der Waals surface area contributed by atoms with Crippen LogP contribution < -0.4 is 5.73 Å². The molecule has 1 rings (SSSR count). The average Bonchev–Trinajstić information content (AvgIpc) is 2.04. The molecule has 0 amide bonds. The Kier molecular flexibility index (Phi) is 2.38. The lowest BCUT2D eigenvalue weighted by Gasteiger charge is -2.04. The third kappa shape index (κ3) is 1.78. The van der Waals surface area contributed by atoms with Crippen molar-refractivity contribution in [3.63, 3.8) is 0 Å². The first-order valence-electron chi connectivity index (χ1n) is 3.34. The molecule has 0 bridgehead atoms. The quantitative estimate of drug-likeness (QED) is 0.515. The number of hydrogen-bond acceptors (Lipinski definition) is 1. The highest BCUT2D eigenvalue weighted by atomic mass is 19.1. The molecular formula is C8H8F2N2. The summed E-state index contributed by atoms with van der Waals surface area (Å²) in [6.07, 6.45) is -1.63. The molecule has 0 saturated heterocycles. The largest absolute Gasteiger partial charge is 0.385 e. The van der Waals surface area contributed by atoms with Crippen molar-refractivity contribution in [3.05, 3.63) is 35.6 Å². The number of alkyl halides is 1. The molecule has 1 atom stereocenters. The summed E-state index contributed by atoms with van der Waals surface area (Å²) < 4.78 is 25.3. The summed E-state index contributed by atoms with van der Waals surface area (Å²) >= 11 is 0. The van der Waals surface area contributed by atoms with Crippen LogP contribution in [0, 0.1) is 11.2 Å². The predicted octanol–water partition coefficient (Wildman–Crippen LogP) is 1.77. The number of nitrogens with one attached hydrogen (secondary N) is 1. The topological polar surface area (TPSA) is 49.9 Å². The Balaban J connectivity index is 2.89. The zero-order valence-electron chi connectivity index (χ0n) is 6.22. The monoisotopic (exact) mass is 170 g/mol. The summed E-state index contributed by atoms with van der Waals surface area (Å²) in [5, 5.41) is 6.80. The van der Waals surface area contributed by atoms with Crippen LogP contribution in [0.25, 0.3) is 0 Å². The fraction of sp³-hybridized carbons (Fsp3) is 0.125. The Morgan fingerprint density at radius 2 is 1.83 bits per heavy atom. The van der Waals surface area contributed by atoms with Gasteiger partial charge < -0.3 is 5.73 Å². The van der Waals surface area contributed by atoms with Gasteiger partial charge in [-0.3, -0.25) is 5.41 Å². The van der Waals surface area contributed by atoms with Gasteiger partial charge in [0.15, 0.2) is 6.17 Å². The van der Waals surface area contributed by atoms with E-state index in [1.807, 2.05) is 0 Å². The van der Waals surface area contributed by atoms with Crippen molar-refractivity contribution in [2.75, 3.05) is 0 Å². The minimum Gasteiger partial charge on any atom is -0.385 e. The maximum Gasteiger partial charge on any atom is 0.181 e. The molecule has 12 heavy (non-hydrogen) atoms. The lowest BCUT2D eigenvalue weighted by atomic mass is 10.1. The van der Waals surface area contributed by atoms with Gasteiger partial charge in [-0.25, -0.2) is 8.78 Å². The molecule has 64 valence electrons. The highest BCUT2D eigenvalue weighted by molar-refractivity contribution is 5.82. The van der Waals surface area contributed by atoms with Gasteiger partial charge in [0.05, 0.1) is 0 Å². The summed E-state index contributed by atoms with van der Waals surface area (Å²) in [5.74, 6) is -1.00. The van der Waals surface area contributed by atoms with E-state index in [-0.39, 0.29) is 5.56 Å². The molecule has 0 spiro atoms. The van der Waals surface area contributed by atoms with Crippen LogP contribution in [0.15, 0.2) is 24.3 Å². The third-order valence-electron chi connectivity index (χ3n) is 1.44. The average molecular weight is 170 g/mol. The van der Waals surface area contributed by atoms with Crippen molar-refractivity contribution in [3.8, 4) is 0 Å². The second-order valence-electron chi connectivity index (χ2n) is 2.37. The Morgan fingerprint density at radius 1 is 1.33 bits per heavy atom. The molecule has 0 aromatic heterocycles. The van der Waals surface area contributed by atoms with Gasteiger partial charge in [0.25, 0.3) is 0 Å². The molecule has 0 heterocycles. The lowest BCUT2D eigenvalue weighted by Crippen LogP contribution is -2.16. The van der Waals surface area contributed by atoms with Crippen LogP contribution in [-0.4, -0.2) is 5.84 Å². The van der Waals surface area contributed by atoms with Crippen molar-refractivity contribution in [1.29, 1.82) is 5.41 Å². The van der Waals surface area contributed by atoms with E-state index in [0.29, 0.717) is 0 Å². The van der Waals surface area contributed by atoms with Gasteiger partial charge in [-0.05, 0) is 17.7 Å². The van der Waals surface area contributed by atoms with Crippen LogP contribution in [0.5, 0.6) is 0 Å². The van der Waals surface area contributed by atoms with Crippen molar-refractivity contribution in [2.45, 2.75) is 6.17 Å². The Bertz CT molecular complexity index is 282. The van der Waals surface area contributed by atoms with Gasteiger partial charge in [-0.2, -0.15) is 0 Å². The standard InChI is InChI=1S/C8H8F2N2/c9-6-3-1-5(2-4-6)7(10)8(11)12/h1-4,7H,(H3,11,12). The van der Waals surface area contributed by atoms with Gasteiger partial charge in [0, 0.05) is 0 Å². The molecule has 2 nitrogen and oxygen atoms in total. The van der Waals surface area contributed by atoms with Gasteiger partial charge in [-0.15, -0.1) is 0 Å². The van der Waals surface area contributed by atoms with E-state index < -0.39 is 17.8 Å². The smallest absolute Gasteiger partial charge is 0.181 e. The van der Waals surface area contributed by atoms with E-state index in [4.69, 9.17) is 11.1 Å².